The van der Waals surface area contributed by atoms with Gasteiger partial charge in [-0.25, -0.2) is 0 Å². The number of fused-ring (bicyclic) bond motifs is 3. The van der Waals surface area contributed by atoms with Gasteiger partial charge in [-0.2, -0.15) is 5.26 Å². The molecule has 0 aliphatic heterocycles. The Labute approximate surface area is 162 Å². The highest BCUT2D eigenvalue weighted by Crippen LogP contribution is 2.40. The first-order valence-corrected chi connectivity index (χ1v) is 9.15. The number of rotatable bonds is 6. The molecule has 0 bridgehead atoms. The summed E-state index contributed by atoms with van der Waals surface area (Å²) in [7, 11) is 1.54. The van der Waals surface area contributed by atoms with Crippen LogP contribution in [-0.4, -0.2) is 23.2 Å². The van der Waals surface area contributed by atoms with Crippen LogP contribution in [0.25, 0.3) is 10.9 Å². The number of nitrogens with zero attached hydrogens (tertiary/aromatic N) is 1. The Balaban J connectivity index is 1.54. The Bertz CT molecular complexity index is 1090. The molecule has 3 aromatic rings. The number of aliphatic carboxylic acids is 1. The van der Waals surface area contributed by atoms with Crippen LogP contribution in [0.1, 0.15) is 41.1 Å². The molecule has 1 atom stereocenters. The van der Waals surface area contributed by atoms with Crippen LogP contribution in [0.5, 0.6) is 11.5 Å². The van der Waals surface area contributed by atoms with Gasteiger partial charge in [0.05, 0.1) is 19.1 Å². The van der Waals surface area contributed by atoms with Crippen molar-refractivity contribution < 1.29 is 19.4 Å². The summed E-state index contributed by atoms with van der Waals surface area (Å²) in [6.07, 6.45) is 1.89. The zero-order valence-electron chi connectivity index (χ0n) is 15.5. The van der Waals surface area contributed by atoms with Crippen molar-refractivity contribution in [3.8, 4) is 17.6 Å². The van der Waals surface area contributed by atoms with E-state index in [0.717, 1.165) is 40.8 Å². The number of nitriles is 1. The molecule has 0 amide bonds. The summed E-state index contributed by atoms with van der Waals surface area (Å²) >= 11 is 0. The Morgan fingerprint density at radius 3 is 2.93 bits per heavy atom. The number of aromatic nitrogens is 1. The van der Waals surface area contributed by atoms with Gasteiger partial charge in [0.25, 0.3) is 0 Å². The zero-order chi connectivity index (χ0) is 19.7. The molecule has 2 aromatic carbocycles. The largest absolute Gasteiger partial charge is 0.495 e. The van der Waals surface area contributed by atoms with E-state index in [4.69, 9.17) is 14.6 Å². The van der Waals surface area contributed by atoms with Gasteiger partial charge < -0.3 is 19.6 Å². The van der Waals surface area contributed by atoms with E-state index in [2.05, 4.69) is 11.1 Å². The van der Waals surface area contributed by atoms with Crippen molar-refractivity contribution >= 4 is 16.9 Å². The number of carboxylic acids is 1. The summed E-state index contributed by atoms with van der Waals surface area (Å²) in [5.74, 6) is 0.571. The normalized spacial score (nSPS) is 15.2. The third-order valence-corrected chi connectivity index (χ3v) is 5.27. The molecule has 0 saturated heterocycles. The van der Waals surface area contributed by atoms with Gasteiger partial charge in [0.1, 0.15) is 24.2 Å². The van der Waals surface area contributed by atoms with Gasteiger partial charge in [-0.3, -0.25) is 4.79 Å². The molecule has 2 N–H and O–H groups in total. The smallest absolute Gasteiger partial charge is 0.304 e. The van der Waals surface area contributed by atoms with Crippen LogP contribution < -0.4 is 9.47 Å². The summed E-state index contributed by atoms with van der Waals surface area (Å²) in [6, 6.07) is 13.4. The van der Waals surface area contributed by atoms with Gasteiger partial charge in [0.2, 0.25) is 0 Å². The number of carboxylic acid groups (broad SMARTS) is 1. The molecule has 1 aromatic heterocycles. The molecule has 1 heterocycles. The van der Waals surface area contributed by atoms with Crippen LogP contribution in [0, 0.1) is 11.3 Å². The standard InChI is InChI=1S/C22H20N2O4/c1-27-20-7-2-13(8-15(20)11-23)12-28-16-4-6-19-18(10-16)17-5-3-14(9-21(25)26)22(17)24-19/h2,4,6-8,10,14,24H,3,5,9,12H2,1H3,(H,25,26). The maximum absolute atomic E-state index is 11.1. The topological polar surface area (TPSA) is 95.3 Å². The number of aromatic amines is 1. The molecule has 142 valence electrons. The number of H-pyrrole nitrogens is 1. The van der Waals surface area contributed by atoms with Crippen molar-refractivity contribution in [3.05, 3.63) is 58.8 Å². The van der Waals surface area contributed by atoms with Gasteiger partial charge in [-0.05, 0) is 54.3 Å². The highest BCUT2D eigenvalue weighted by molar-refractivity contribution is 5.87. The quantitative estimate of drug-likeness (QED) is 0.674. The molecule has 0 radical (unpaired) electrons. The molecule has 4 rings (SSSR count). The van der Waals surface area contributed by atoms with Crippen molar-refractivity contribution in [2.24, 2.45) is 0 Å². The highest BCUT2D eigenvalue weighted by atomic mass is 16.5. The second kappa shape index (κ2) is 7.28. The third kappa shape index (κ3) is 3.27. The van der Waals surface area contributed by atoms with Crippen molar-refractivity contribution in [2.75, 3.05) is 7.11 Å². The number of hydrogen-bond donors (Lipinski definition) is 2. The first-order chi connectivity index (χ1) is 13.6. The first kappa shape index (κ1) is 17.9. The summed E-state index contributed by atoms with van der Waals surface area (Å²) < 4.78 is 11.1. The lowest BCUT2D eigenvalue weighted by Crippen LogP contribution is -2.03. The molecular weight excluding hydrogens is 356 g/mol. The maximum atomic E-state index is 11.1. The Hall–Kier alpha value is -3.46. The molecule has 0 spiro atoms. The van der Waals surface area contributed by atoms with E-state index < -0.39 is 5.97 Å². The van der Waals surface area contributed by atoms with Gasteiger partial charge >= 0.3 is 5.97 Å². The van der Waals surface area contributed by atoms with Crippen LogP contribution in [-0.2, 0) is 17.8 Å². The number of nitrogens with one attached hydrogen (secondary N) is 1. The average Bonchev–Trinajstić information content (AvgIpc) is 3.25. The maximum Gasteiger partial charge on any atom is 0.304 e. The van der Waals surface area contributed by atoms with Crippen LogP contribution in [0.4, 0.5) is 0 Å². The summed E-state index contributed by atoms with van der Waals surface area (Å²) in [5.41, 5.74) is 4.61. The molecule has 6 heteroatoms. The van der Waals surface area contributed by atoms with E-state index in [1.165, 1.54) is 12.7 Å². The fourth-order valence-electron chi connectivity index (χ4n) is 3.93. The molecule has 0 fully saturated rings. The minimum absolute atomic E-state index is 0.0490. The van der Waals surface area contributed by atoms with E-state index in [1.807, 2.05) is 24.3 Å². The van der Waals surface area contributed by atoms with E-state index >= 15 is 0 Å². The minimum Gasteiger partial charge on any atom is -0.495 e. The third-order valence-electron chi connectivity index (χ3n) is 5.27. The number of methoxy groups -OCH3 is 1. The van der Waals surface area contributed by atoms with Crippen LogP contribution in [0.3, 0.4) is 0 Å². The number of benzene rings is 2. The molecule has 1 unspecified atom stereocenters. The minimum atomic E-state index is -0.767. The zero-order valence-corrected chi connectivity index (χ0v) is 15.5. The van der Waals surface area contributed by atoms with Crippen molar-refractivity contribution in [3.63, 3.8) is 0 Å². The lowest BCUT2D eigenvalue weighted by atomic mass is 10.0. The van der Waals surface area contributed by atoms with E-state index in [9.17, 15) is 10.1 Å². The summed E-state index contributed by atoms with van der Waals surface area (Å²) in [5, 5.41) is 19.4. The molecule has 6 nitrogen and oxygen atoms in total. The fraction of sp³-hybridized carbons (Fsp3) is 0.273. The monoisotopic (exact) mass is 376 g/mol. The van der Waals surface area contributed by atoms with Crippen LogP contribution >= 0.6 is 0 Å². The van der Waals surface area contributed by atoms with E-state index in [0.29, 0.717) is 17.9 Å². The lowest BCUT2D eigenvalue weighted by Gasteiger charge is -2.09. The number of hydrogen-bond acceptors (Lipinski definition) is 4. The predicted molar refractivity (Wildman–Crippen MR) is 104 cm³/mol. The van der Waals surface area contributed by atoms with Crippen molar-refractivity contribution in [2.45, 2.75) is 31.8 Å². The Morgan fingerprint density at radius 1 is 1.32 bits per heavy atom. The summed E-state index contributed by atoms with van der Waals surface area (Å²) in [4.78, 5) is 14.5. The fourth-order valence-corrected chi connectivity index (χ4v) is 3.93. The van der Waals surface area contributed by atoms with Crippen molar-refractivity contribution in [1.29, 1.82) is 5.26 Å². The Kier molecular flexibility index (Phi) is 4.66. The molecule has 28 heavy (non-hydrogen) atoms. The highest BCUT2D eigenvalue weighted by Gasteiger charge is 2.28. The van der Waals surface area contributed by atoms with Gasteiger partial charge in [0, 0.05) is 22.5 Å². The number of ether oxygens (including phenoxy) is 2. The predicted octanol–water partition coefficient (Wildman–Crippen LogP) is 4.13. The van der Waals surface area contributed by atoms with E-state index in [1.54, 1.807) is 12.1 Å². The number of aryl methyl sites for hydroxylation is 1. The average molecular weight is 376 g/mol. The van der Waals surface area contributed by atoms with Gasteiger partial charge in [-0.1, -0.05) is 6.07 Å². The molecule has 0 saturated carbocycles. The van der Waals surface area contributed by atoms with Gasteiger partial charge in [-0.15, -0.1) is 0 Å². The van der Waals surface area contributed by atoms with Crippen LogP contribution in [0.2, 0.25) is 0 Å². The molecular formula is C22H20N2O4. The van der Waals surface area contributed by atoms with Gasteiger partial charge in [0.15, 0.2) is 0 Å². The summed E-state index contributed by atoms with van der Waals surface area (Å²) in [6.45, 7) is 0.346. The van der Waals surface area contributed by atoms with Crippen LogP contribution in [0.15, 0.2) is 36.4 Å². The second-order valence-corrected chi connectivity index (χ2v) is 6.99. The van der Waals surface area contributed by atoms with Crippen molar-refractivity contribution in [1.82, 2.24) is 4.98 Å². The second-order valence-electron chi connectivity index (χ2n) is 6.99. The SMILES string of the molecule is COc1ccc(COc2ccc3[nH]c4c(c3c2)CCC4CC(=O)O)cc1C#N. The molecule has 1 aliphatic carbocycles. The first-order valence-electron chi connectivity index (χ1n) is 9.15. The molecule has 1 aliphatic rings. The lowest BCUT2D eigenvalue weighted by molar-refractivity contribution is -0.137. The van der Waals surface area contributed by atoms with E-state index in [-0.39, 0.29) is 12.3 Å². The number of carbonyl (C=O) groups is 1. The Morgan fingerprint density at radius 2 is 2.18 bits per heavy atom.